The molecule has 4 heterocycles. The molecule has 0 aromatic carbocycles. The first-order chi connectivity index (χ1) is 14.1. The van der Waals surface area contributed by atoms with Gasteiger partial charge < -0.3 is 9.47 Å². The lowest BCUT2D eigenvalue weighted by molar-refractivity contribution is -0.112. The van der Waals surface area contributed by atoms with Gasteiger partial charge in [-0.1, -0.05) is 12.1 Å². The maximum Gasteiger partial charge on any atom is 0.0969 e. The summed E-state index contributed by atoms with van der Waals surface area (Å²) in [5, 5.41) is 8.84. The van der Waals surface area contributed by atoms with Gasteiger partial charge in [-0.15, -0.1) is 16.4 Å². The van der Waals surface area contributed by atoms with Crippen molar-refractivity contribution in [2.45, 2.75) is 82.7 Å². The summed E-state index contributed by atoms with van der Waals surface area (Å²) >= 11 is 2.00. The van der Waals surface area contributed by atoms with Gasteiger partial charge in [0.05, 0.1) is 36.2 Å². The van der Waals surface area contributed by atoms with Gasteiger partial charge in [-0.2, -0.15) is 0 Å². The molecule has 2 atom stereocenters. The third-order valence-electron chi connectivity index (χ3n) is 7.16. The van der Waals surface area contributed by atoms with Crippen LogP contribution in [-0.2, 0) is 34.5 Å². The van der Waals surface area contributed by atoms with Crippen molar-refractivity contribution in [3.63, 3.8) is 0 Å². The summed E-state index contributed by atoms with van der Waals surface area (Å²) in [5.41, 5.74) is 2.48. The smallest absolute Gasteiger partial charge is 0.0969 e. The van der Waals surface area contributed by atoms with Crippen LogP contribution in [0.2, 0.25) is 0 Å². The molecular formula is C22H32N4O2S. The van der Waals surface area contributed by atoms with Gasteiger partial charge >= 0.3 is 0 Å². The molecule has 0 radical (unpaired) electrons. The van der Waals surface area contributed by atoms with E-state index in [1.165, 1.54) is 10.4 Å². The SMILES string of the molecule is CCc1cc2c(s1)CCO[C@@]21CCN(Cc2cn(C3CC(OC)C3)nn2)[C@@H](C)C1. The third-order valence-corrected chi connectivity index (χ3v) is 8.50. The van der Waals surface area contributed by atoms with E-state index in [2.05, 4.69) is 41.3 Å². The van der Waals surface area contributed by atoms with Crippen molar-refractivity contribution in [1.29, 1.82) is 0 Å². The summed E-state index contributed by atoms with van der Waals surface area (Å²) in [7, 11) is 1.79. The van der Waals surface area contributed by atoms with E-state index in [9.17, 15) is 0 Å². The van der Waals surface area contributed by atoms with Crippen LogP contribution in [0.5, 0.6) is 0 Å². The second-order valence-electron chi connectivity index (χ2n) is 8.94. The molecule has 2 aromatic rings. The molecule has 0 bridgehead atoms. The largest absolute Gasteiger partial charge is 0.381 e. The van der Waals surface area contributed by atoms with E-state index in [-0.39, 0.29) is 5.60 Å². The highest BCUT2D eigenvalue weighted by molar-refractivity contribution is 7.12. The fraction of sp³-hybridized carbons (Fsp3) is 0.727. The normalized spacial score (nSPS) is 32.3. The molecule has 0 amide bonds. The standard InChI is InChI=1S/C22H32N4O2S/c1-4-19-11-20-21(29-19)5-8-28-22(20)6-7-25(15(2)12-22)13-16-14-26(24-23-16)17-9-18(10-17)27-3/h11,14-15,17-18H,4-10,12-13H2,1-3H3/t15-,17?,18?,22+/m0/s1. The van der Waals surface area contributed by atoms with Crippen molar-refractivity contribution in [2.75, 3.05) is 20.3 Å². The summed E-state index contributed by atoms with van der Waals surface area (Å²) < 4.78 is 13.9. The van der Waals surface area contributed by atoms with Crippen molar-refractivity contribution in [3.05, 3.63) is 33.3 Å². The number of hydrogen-bond acceptors (Lipinski definition) is 6. The molecule has 5 rings (SSSR count). The Hall–Kier alpha value is -1.28. The van der Waals surface area contributed by atoms with Crippen molar-refractivity contribution in [1.82, 2.24) is 19.9 Å². The van der Waals surface area contributed by atoms with E-state index >= 15 is 0 Å². The highest BCUT2D eigenvalue weighted by Crippen LogP contribution is 2.46. The van der Waals surface area contributed by atoms with Crippen LogP contribution in [0.1, 0.15) is 66.6 Å². The van der Waals surface area contributed by atoms with Crippen molar-refractivity contribution in [2.24, 2.45) is 0 Å². The molecule has 6 nitrogen and oxygen atoms in total. The monoisotopic (exact) mass is 416 g/mol. The molecule has 2 aromatic heterocycles. The Balaban J connectivity index is 1.25. The van der Waals surface area contributed by atoms with Crippen LogP contribution in [-0.4, -0.2) is 52.3 Å². The fourth-order valence-corrected chi connectivity index (χ4v) is 6.41. The Morgan fingerprint density at radius 1 is 1.38 bits per heavy atom. The van der Waals surface area contributed by atoms with Gasteiger partial charge in [0.25, 0.3) is 0 Å². The lowest BCUT2D eigenvalue weighted by Gasteiger charge is -2.47. The number of thiophene rings is 1. The minimum atomic E-state index is -0.0773. The Bertz CT molecular complexity index is 859. The molecular weight excluding hydrogens is 384 g/mol. The molecule has 0 unspecified atom stereocenters. The maximum atomic E-state index is 6.47. The lowest BCUT2D eigenvalue weighted by atomic mass is 9.79. The number of aromatic nitrogens is 3. The topological polar surface area (TPSA) is 52.4 Å². The molecule has 2 aliphatic heterocycles. The first-order valence-electron chi connectivity index (χ1n) is 11.0. The van der Waals surface area contributed by atoms with Crippen LogP contribution in [0.15, 0.2) is 12.3 Å². The molecule has 2 fully saturated rings. The Morgan fingerprint density at radius 2 is 2.24 bits per heavy atom. The van der Waals surface area contributed by atoms with Gasteiger partial charge in [0.15, 0.2) is 0 Å². The summed E-state index contributed by atoms with van der Waals surface area (Å²) in [4.78, 5) is 5.60. The highest BCUT2D eigenvalue weighted by Gasteiger charge is 2.44. The van der Waals surface area contributed by atoms with Crippen LogP contribution in [0, 0.1) is 0 Å². The van der Waals surface area contributed by atoms with E-state index in [0.29, 0.717) is 18.2 Å². The molecule has 0 N–H and O–H groups in total. The number of methoxy groups -OCH3 is 1. The average molecular weight is 417 g/mol. The number of aryl methyl sites for hydroxylation is 1. The Labute approximate surface area is 177 Å². The lowest BCUT2D eigenvalue weighted by Crippen LogP contribution is -2.50. The number of likely N-dealkylation sites (tertiary alicyclic amines) is 1. The summed E-state index contributed by atoms with van der Waals surface area (Å²) in [6, 6.07) is 3.34. The van der Waals surface area contributed by atoms with Gasteiger partial charge in [0, 0.05) is 42.4 Å². The maximum absolute atomic E-state index is 6.47. The van der Waals surface area contributed by atoms with E-state index in [4.69, 9.17) is 9.47 Å². The molecule has 7 heteroatoms. The predicted molar refractivity (Wildman–Crippen MR) is 113 cm³/mol. The number of piperidine rings is 1. The van der Waals surface area contributed by atoms with Gasteiger partial charge in [-0.25, -0.2) is 4.68 Å². The minimum absolute atomic E-state index is 0.0773. The van der Waals surface area contributed by atoms with Crippen LogP contribution < -0.4 is 0 Å². The van der Waals surface area contributed by atoms with Crippen LogP contribution >= 0.6 is 11.3 Å². The first-order valence-corrected chi connectivity index (χ1v) is 11.9. The van der Waals surface area contributed by atoms with Crippen LogP contribution in [0.4, 0.5) is 0 Å². The van der Waals surface area contributed by atoms with Gasteiger partial charge in [-0.3, -0.25) is 4.90 Å². The van der Waals surface area contributed by atoms with Crippen molar-refractivity contribution >= 4 is 11.3 Å². The number of hydrogen-bond donors (Lipinski definition) is 0. The quantitative estimate of drug-likeness (QED) is 0.744. The van der Waals surface area contributed by atoms with E-state index in [0.717, 1.165) is 63.9 Å². The fourth-order valence-electron chi connectivity index (χ4n) is 5.23. The third kappa shape index (κ3) is 3.56. The zero-order valence-electron chi connectivity index (χ0n) is 17.8. The number of ether oxygens (including phenoxy) is 2. The first kappa shape index (κ1) is 19.7. The molecule has 1 saturated heterocycles. The molecule has 1 aliphatic carbocycles. The van der Waals surface area contributed by atoms with Crippen LogP contribution in [0.25, 0.3) is 0 Å². The highest BCUT2D eigenvalue weighted by atomic mass is 32.1. The van der Waals surface area contributed by atoms with Crippen molar-refractivity contribution < 1.29 is 9.47 Å². The van der Waals surface area contributed by atoms with Gasteiger partial charge in [0.2, 0.25) is 0 Å². The zero-order chi connectivity index (χ0) is 20.0. The Kier molecular flexibility index (Phi) is 5.26. The second kappa shape index (κ2) is 7.76. The molecule has 158 valence electrons. The number of rotatable bonds is 5. The van der Waals surface area contributed by atoms with Gasteiger partial charge in [0.1, 0.15) is 0 Å². The summed E-state index contributed by atoms with van der Waals surface area (Å²) in [6.45, 7) is 7.36. The van der Waals surface area contributed by atoms with Crippen molar-refractivity contribution in [3.8, 4) is 0 Å². The molecule has 1 saturated carbocycles. The van der Waals surface area contributed by atoms with Gasteiger partial charge in [-0.05, 0) is 50.7 Å². The summed E-state index contributed by atoms with van der Waals surface area (Å²) in [6.07, 6.45) is 8.93. The van der Waals surface area contributed by atoms with E-state index in [1.54, 1.807) is 12.0 Å². The van der Waals surface area contributed by atoms with E-state index in [1.807, 2.05) is 16.0 Å². The number of nitrogens with zero attached hydrogens (tertiary/aromatic N) is 4. The summed E-state index contributed by atoms with van der Waals surface area (Å²) in [5.74, 6) is 0. The number of fused-ring (bicyclic) bond motifs is 2. The Morgan fingerprint density at radius 3 is 3.00 bits per heavy atom. The van der Waals surface area contributed by atoms with Crippen LogP contribution in [0.3, 0.4) is 0 Å². The molecule has 1 spiro atoms. The zero-order valence-corrected chi connectivity index (χ0v) is 18.6. The molecule has 3 aliphatic rings. The minimum Gasteiger partial charge on any atom is -0.381 e. The average Bonchev–Trinajstić information content (AvgIpc) is 3.31. The second-order valence-corrected chi connectivity index (χ2v) is 10.2. The molecule has 29 heavy (non-hydrogen) atoms. The predicted octanol–water partition coefficient (Wildman–Crippen LogP) is 3.70. The van der Waals surface area contributed by atoms with E-state index < -0.39 is 0 Å².